The Morgan fingerprint density at radius 1 is 1.32 bits per heavy atom. The molecule has 0 spiro atoms. The zero-order valence-electron chi connectivity index (χ0n) is 21.1. The van der Waals surface area contributed by atoms with Crippen LogP contribution in [0.15, 0.2) is 44.4 Å². The number of aliphatic imine (C=N–C) groups is 2. The highest BCUT2D eigenvalue weighted by Crippen LogP contribution is 2.34. The van der Waals surface area contributed by atoms with Crippen LogP contribution in [0, 0.1) is 5.92 Å². The molecule has 2 aliphatic rings. The number of aliphatic carboxylic acids is 1. The molecule has 0 radical (unpaired) electrons. The van der Waals surface area contributed by atoms with Gasteiger partial charge in [-0.3, -0.25) is 14.8 Å². The van der Waals surface area contributed by atoms with Crippen molar-refractivity contribution in [3.05, 3.63) is 40.4 Å². The van der Waals surface area contributed by atoms with Gasteiger partial charge in [0.15, 0.2) is 18.1 Å². The second kappa shape index (κ2) is 13.4. The molecule has 3 rings (SSSR count). The van der Waals surface area contributed by atoms with Crippen molar-refractivity contribution in [3.63, 3.8) is 0 Å². The third-order valence-corrected chi connectivity index (χ3v) is 7.34. The van der Waals surface area contributed by atoms with E-state index in [2.05, 4.69) is 21.9 Å². The van der Waals surface area contributed by atoms with Crippen molar-refractivity contribution in [1.29, 1.82) is 0 Å². The largest absolute Gasteiger partial charge is 0.485 e. The number of ether oxygens (including phenoxy) is 1. The highest BCUT2D eigenvalue weighted by Gasteiger charge is 2.48. The van der Waals surface area contributed by atoms with Crippen LogP contribution >= 0.6 is 11.8 Å². The number of amidine groups is 1. The van der Waals surface area contributed by atoms with E-state index in [0.29, 0.717) is 36.6 Å². The summed E-state index contributed by atoms with van der Waals surface area (Å²) in [5, 5.41) is 15.3. The highest BCUT2D eigenvalue weighted by molar-refractivity contribution is 8.02. The molecule has 37 heavy (non-hydrogen) atoms. The minimum atomic E-state index is -1.86. The van der Waals surface area contributed by atoms with Crippen LogP contribution in [0.1, 0.15) is 56.6 Å². The molecule has 1 aliphatic heterocycles. The summed E-state index contributed by atoms with van der Waals surface area (Å²) < 4.78 is 6.05. The maximum atomic E-state index is 12.2. The highest BCUT2D eigenvalue weighted by atomic mass is 32.2. The van der Waals surface area contributed by atoms with Crippen molar-refractivity contribution in [2.75, 3.05) is 12.4 Å². The van der Waals surface area contributed by atoms with E-state index in [-0.39, 0.29) is 17.3 Å². The molecule has 2 unspecified atom stereocenters. The number of aryl methyl sites for hydroxylation is 1. The lowest BCUT2D eigenvalue weighted by Gasteiger charge is -2.35. The number of oxime groups is 1. The summed E-state index contributed by atoms with van der Waals surface area (Å²) in [6.45, 7) is 5.51. The van der Waals surface area contributed by atoms with Crippen molar-refractivity contribution >= 4 is 42.3 Å². The Balaban J connectivity index is 1.74. The zero-order valence-corrected chi connectivity index (χ0v) is 21.9. The SMILES string of the molecule is C=NC(=C\SCN)/C(C=O)=N/OC(C)(C(=O)O)C1CCc2cc(C(N)=NCC3CCCCC3)ccc2O1. The van der Waals surface area contributed by atoms with Gasteiger partial charge in [-0.05, 0) is 69.0 Å². The van der Waals surface area contributed by atoms with E-state index in [1.165, 1.54) is 56.2 Å². The number of allylic oxidation sites excluding steroid dienone is 1. The minimum Gasteiger partial charge on any atom is -0.485 e. The molecule has 5 N–H and O–H groups in total. The first kappa shape index (κ1) is 28.4. The molecule has 11 heteroatoms. The van der Waals surface area contributed by atoms with E-state index in [9.17, 15) is 14.7 Å². The normalized spacial score (nSPS) is 20.8. The Labute approximate surface area is 221 Å². The maximum absolute atomic E-state index is 12.2. The number of carbonyl (C=O) groups is 2. The van der Waals surface area contributed by atoms with Gasteiger partial charge >= 0.3 is 5.97 Å². The zero-order chi connectivity index (χ0) is 26.8. The molecule has 0 saturated heterocycles. The Kier molecular flexibility index (Phi) is 10.3. The van der Waals surface area contributed by atoms with Crippen molar-refractivity contribution in [1.82, 2.24) is 0 Å². The predicted molar refractivity (Wildman–Crippen MR) is 146 cm³/mol. The van der Waals surface area contributed by atoms with Crippen molar-refractivity contribution in [2.45, 2.75) is 63.6 Å². The lowest BCUT2D eigenvalue weighted by Crippen LogP contribution is -2.52. The summed E-state index contributed by atoms with van der Waals surface area (Å²) in [5.74, 6) is 0.617. The van der Waals surface area contributed by atoms with Crippen LogP contribution in [-0.4, -0.2) is 59.8 Å². The maximum Gasteiger partial charge on any atom is 0.354 e. The molecule has 10 nitrogen and oxygen atoms in total. The van der Waals surface area contributed by atoms with Gasteiger partial charge < -0.3 is 26.1 Å². The van der Waals surface area contributed by atoms with Gasteiger partial charge in [-0.1, -0.05) is 24.4 Å². The quantitative estimate of drug-likeness (QED) is 0.122. The monoisotopic (exact) mass is 529 g/mol. The number of benzene rings is 1. The topological polar surface area (TPSA) is 162 Å². The molecule has 1 heterocycles. The smallest absolute Gasteiger partial charge is 0.354 e. The lowest BCUT2D eigenvalue weighted by molar-refractivity contribution is -0.178. The molecule has 1 aromatic rings. The third-order valence-electron chi connectivity index (χ3n) is 6.75. The van der Waals surface area contributed by atoms with Gasteiger partial charge in [-0.15, -0.1) is 11.8 Å². The molecule has 1 saturated carbocycles. The summed E-state index contributed by atoms with van der Waals surface area (Å²) in [7, 11) is 0. The Hall–Kier alpha value is -3.18. The fraction of sp³-hybridized carbons (Fsp3) is 0.500. The van der Waals surface area contributed by atoms with Gasteiger partial charge in [-0.25, -0.2) is 4.79 Å². The van der Waals surface area contributed by atoms with E-state index in [4.69, 9.17) is 21.0 Å². The first-order valence-corrected chi connectivity index (χ1v) is 13.4. The molecule has 1 aliphatic carbocycles. The van der Waals surface area contributed by atoms with Crippen LogP contribution in [0.25, 0.3) is 0 Å². The number of hydrogen-bond donors (Lipinski definition) is 3. The average molecular weight is 530 g/mol. The number of carboxylic acids is 1. The molecule has 200 valence electrons. The molecule has 2 atom stereocenters. The second-order valence-electron chi connectivity index (χ2n) is 9.29. The number of thioether (sulfide) groups is 1. The van der Waals surface area contributed by atoms with E-state index in [1.807, 2.05) is 12.1 Å². The van der Waals surface area contributed by atoms with Crippen molar-refractivity contribution < 1.29 is 24.3 Å². The standard InChI is InChI=1S/C26H35N5O5S/c1-26(25(33)34,36-31-20(14-32)21(29-2)15-37-16-27)23-11-9-18-12-19(8-10-22(18)35-23)24(28)30-13-17-6-4-3-5-7-17/h8,10,12,14-15,17,23H,2-7,9,11,13,16,27H2,1H3,(H2,28,30)(H,33,34)/b21-15-,31-20+. The van der Waals surface area contributed by atoms with Crippen LogP contribution in [0.4, 0.5) is 0 Å². The number of rotatable bonds is 12. The van der Waals surface area contributed by atoms with E-state index < -0.39 is 17.7 Å². The van der Waals surface area contributed by atoms with E-state index in [0.717, 1.165) is 17.7 Å². The van der Waals surface area contributed by atoms with Crippen LogP contribution in [0.3, 0.4) is 0 Å². The number of nitrogens with zero attached hydrogens (tertiary/aromatic N) is 3. The Bertz CT molecular complexity index is 1080. The van der Waals surface area contributed by atoms with Gasteiger partial charge in [0.1, 0.15) is 17.3 Å². The second-order valence-corrected chi connectivity index (χ2v) is 10.2. The van der Waals surface area contributed by atoms with Gasteiger partial charge in [0.2, 0.25) is 0 Å². The first-order valence-electron chi connectivity index (χ1n) is 12.4. The number of fused-ring (bicyclic) bond motifs is 1. The number of nitrogens with two attached hydrogens (primary N) is 2. The summed E-state index contributed by atoms with van der Waals surface area (Å²) in [5.41, 5.74) is 11.5. The minimum absolute atomic E-state index is 0.128. The Morgan fingerprint density at radius 2 is 2.08 bits per heavy atom. The summed E-state index contributed by atoms with van der Waals surface area (Å²) in [6, 6.07) is 5.54. The van der Waals surface area contributed by atoms with Crippen LogP contribution in [0.2, 0.25) is 0 Å². The number of hydrogen-bond acceptors (Lipinski definition) is 9. The molecule has 1 fully saturated rings. The molecular weight excluding hydrogens is 494 g/mol. The number of carbonyl (C=O) groups excluding carboxylic acids is 1. The summed E-state index contributed by atoms with van der Waals surface area (Å²) in [6.07, 6.45) is 6.68. The fourth-order valence-corrected chi connectivity index (χ4v) is 4.89. The van der Waals surface area contributed by atoms with Gasteiger partial charge in [-0.2, -0.15) is 0 Å². The lowest BCUT2D eigenvalue weighted by atomic mass is 9.89. The molecular formula is C26H35N5O5S. The summed E-state index contributed by atoms with van der Waals surface area (Å²) in [4.78, 5) is 37.6. The van der Waals surface area contributed by atoms with E-state index >= 15 is 0 Å². The van der Waals surface area contributed by atoms with E-state index in [1.54, 1.807) is 6.07 Å². The number of aldehydes is 1. The molecule has 0 amide bonds. The van der Waals surface area contributed by atoms with Crippen LogP contribution in [-0.2, 0) is 20.8 Å². The van der Waals surface area contributed by atoms with Crippen molar-refractivity contribution in [2.24, 2.45) is 32.5 Å². The molecule has 0 bridgehead atoms. The van der Waals surface area contributed by atoms with Gasteiger partial charge in [0, 0.05) is 23.4 Å². The number of carboxylic acid groups (broad SMARTS) is 1. The summed E-state index contributed by atoms with van der Waals surface area (Å²) >= 11 is 1.19. The van der Waals surface area contributed by atoms with Gasteiger partial charge in [0.25, 0.3) is 5.60 Å². The predicted octanol–water partition coefficient (Wildman–Crippen LogP) is 3.27. The Morgan fingerprint density at radius 3 is 2.73 bits per heavy atom. The fourth-order valence-electron chi connectivity index (χ4n) is 4.44. The first-order chi connectivity index (χ1) is 17.8. The van der Waals surface area contributed by atoms with Crippen molar-refractivity contribution in [3.8, 4) is 5.75 Å². The molecule has 0 aromatic heterocycles. The van der Waals surface area contributed by atoms with Crippen LogP contribution < -0.4 is 16.2 Å². The average Bonchev–Trinajstić information content (AvgIpc) is 2.93. The third kappa shape index (κ3) is 7.20. The molecule has 1 aromatic carbocycles. The van der Waals surface area contributed by atoms with Crippen LogP contribution in [0.5, 0.6) is 5.75 Å². The van der Waals surface area contributed by atoms with Gasteiger partial charge in [0.05, 0.1) is 0 Å².